The highest BCUT2D eigenvalue weighted by molar-refractivity contribution is 5.28. The molecule has 2 nitrogen and oxygen atoms in total. The number of aliphatic hydroxyl groups excluding tert-OH is 1. The largest absolute Gasteiger partial charge is 0.506 e. The number of aliphatic hydroxyl groups is 1. The van der Waals surface area contributed by atoms with E-state index in [2.05, 4.69) is 11.8 Å². The smallest absolute Gasteiger partial charge is 0.131 e. The summed E-state index contributed by atoms with van der Waals surface area (Å²) in [5.41, 5.74) is 2.34. The Kier molecular flexibility index (Phi) is 2.81. The van der Waals surface area contributed by atoms with E-state index >= 15 is 0 Å². The monoisotopic (exact) mass is 179 g/mol. The predicted molar refractivity (Wildman–Crippen MR) is 55.2 cm³/mol. The van der Waals surface area contributed by atoms with Gasteiger partial charge in [0.15, 0.2) is 0 Å². The van der Waals surface area contributed by atoms with Crippen LogP contribution in [0.15, 0.2) is 35.4 Å². The first-order chi connectivity index (χ1) is 6.06. The molecule has 0 spiro atoms. The van der Waals surface area contributed by atoms with Crippen molar-refractivity contribution in [2.75, 3.05) is 0 Å². The van der Waals surface area contributed by atoms with Crippen LogP contribution in [0.1, 0.15) is 27.7 Å². The van der Waals surface area contributed by atoms with Gasteiger partial charge in [0.2, 0.25) is 0 Å². The summed E-state index contributed by atoms with van der Waals surface area (Å²) in [6.45, 7) is 8.20. The molecule has 1 aliphatic rings. The van der Waals surface area contributed by atoms with Gasteiger partial charge >= 0.3 is 0 Å². The van der Waals surface area contributed by atoms with Crippen LogP contribution in [0.2, 0.25) is 0 Å². The topological polar surface area (TPSA) is 23.5 Å². The van der Waals surface area contributed by atoms with Crippen molar-refractivity contribution in [2.45, 2.75) is 33.7 Å². The fourth-order valence-electron chi connectivity index (χ4n) is 1.42. The van der Waals surface area contributed by atoms with Gasteiger partial charge in [0.25, 0.3) is 0 Å². The highest BCUT2D eigenvalue weighted by atomic mass is 16.3. The molecule has 1 rings (SSSR count). The molecule has 0 saturated heterocycles. The number of hydrogen-bond donors (Lipinski definition) is 1. The average Bonchev–Trinajstić information content (AvgIpc) is 2.10. The molecule has 0 bridgehead atoms. The highest BCUT2D eigenvalue weighted by Crippen LogP contribution is 2.22. The zero-order valence-corrected chi connectivity index (χ0v) is 8.70. The molecule has 72 valence electrons. The number of nitrogens with zero attached hydrogens (tertiary/aromatic N) is 1. The third kappa shape index (κ3) is 1.94. The standard InChI is InChI=1S/C11H17NO/c1-5-9(3)12-7-11(13)6-8(2)10(12)4/h5-7,10,13H,1-4H3/b9-5-. The Hall–Kier alpha value is -1.18. The normalized spacial score (nSPS) is 24.2. The van der Waals surface area contributed by atoms with Gasteiger partial charge in [-0.3, -0.25) is 0 Å². The van der Waals surface area contributed by atoms with Gasteiger partial charge in [-0.25, -0.2) is 0 Å². The van der Waals surface area contributed by atoms with Crippen LogP contribution >= 0.6 is 0 Å². The maximum atomic E-state index is 9.43. The van der Waals surface area contributed by atoms with Crippen molar-refractivity contribution in [1.82, 2.24) is 4.90 Å². The summed E-state index contributed by atoms with van der Waals surface area (Å²) < 4.78 is 0. The van der Waals surface area contributed by atoms with Crippen LogP contribution in [-0.4, -0.2) is 16.0 Å². The van der Waals surface area contributed by atoms with Gasteiger partial charge in [-0.2, -0.15) is 0 Å². The predicted octanol–water partition coefficient (Wildman–Crippen LogP) is 2.96. The van der Waals surface area contributed by atoms with Gasteiger partial charge in [0.1, 0.15) is 5.76 Å². The SMILES string of the molecule is C/C=C(/C)N1C=C(O)C=C(C)C1C. The van der Waals surface area contributed by atoms with Gasteiger partial charge in [-0.1, -0.05) is 6.08 Å². The molecule has 0 aromatic rings. The summed E-state index contributed by atoms with van der Waals surface area (Å²) in [4.78, 5) is 2.07. The Morgan fingerprint density at radius 3 is 2.77 bits per heavy atom. The Bertz CT molecular complexity index is 286. The quantitative estimate of drug-likeness (QED) is 0.669. The van der Waals surface area contributed by atoms with E-state index in [0.29, 0.717) is 11.8 Å². The average molecular weight is 179 g/mol. The maximum absolute atomic E-state index is 9.43. The Morgan fingerprint density at radius 1 is 1.62 bits per heavy atom. The minimum absolute atomic E-state index is 0.330. The summed E-state index contributed by atoms with van der Waals surface area (Å²) in [5, 5.41) is 9.43. The molecule has 0 aromatic carbocycles. The van der Waals surface area contributed by atoms with E-state index in [1.54, 1.807) is 6.20 Å². The minimum Gasteiger partial charge on any atom is -0.506 e. The molecule has 1 atom stereocenters. The second-order valence-electron chi connectivity index (χ2n) is 3.46. The molecular weight excluding hydrogens is 162 g/mol. The van der Waals surface area contributed by atoms with Crippen molar-refractivity contribution in [3.8, 4) is 0 Å². The second kappa shape index (κ2) is 3.69. The highest BCUT2D eigenvalue weighted by Gasteiger charge is 2.17. The maximum Gasteiger partial charge on any atom is 0.131 e. The van der Waals surface area contributed by atoms with Crippen LogP contribution in [0.5, 0.6) is 0 Å². The van der Waals surface area contributed by atoms with Gasteiger partial charge in [-0.15, -0.1) is 0 Å². The van der Waals surface area contributed by atoms with E-state index in [4.69, 9.17) is 0 Å². The van der Waals surface area contributed by atoms with Gasteiger partial charge < -0.3 is 10.0 Å². The van der Waals surface area contributed by atoms with Crippen molar-refractivity contribution in [2.24, 2.45) is 0 Å². The summed E-state index contributed by atoms with van der Waals surface area (Å²) in [6, 6.07) is 0.340. The van der Waals surface area contributed by atoms with E-state index in [0.717, 1.165) is 5.70 Å². The van der Waals surface area contributed by atoms with Crippen LogP contribution in [0.3, 0.4) is 0 Å². The van der Waals surface area contributed by atoms with Crippen LogP contribution in [0.4, 0.5) is 0 Å². The van der Waals surface area contributed by atoms with Crippen molar-refractivity contribution in [3.05, 3.63) is 35.4 Å². The molecule has 0 aliphatic carbocycles. The molecule has 1 unspecified atom stereocenters. The van der Waals surface area contributed by atoms with Crippen molar-refractivity contribution in [1.29, 1.82) is 0 Å². The van der Waals surface area contributed by atoms with Gasteiger partial charge in [-0.05, 0) is 39.3 Å². The summed E-state index contributed by atoms with van der Waals surface area (Å²) in [7, 11) is 0. The lowest BCUT2D eigenvalue weighted by atomic mass is 10.1. The Labute approximate surface area is 79.9 Å². The molecule has 0 radical (unpaired) electrons. The van der Waals surface area contributed by atoms with Crippen molar-refractivity contribution < 1.29 is 5.11 Å². The molecule has 1 aliphatic heterocycles. The van der Waals surface area contributed by atoms with Crippen LogP contribution < -0.4 is 0 Å². The molecule has 0 aromatic heterocycles. The van der Waals surface area contributed by atoms with E-state index in [-0.39, 0.29) is 0 Å². The third-order valence-corrected chi connectivity index (χ3v) is 2.55. The van der Waals surface area contributed by atoms with Gasteiger partial charge in [0.05, 0.1) is 6.04 Å². The van der Waals surface area contributed by atoms with Gasteiger partial charge in [0, 0.05) is 11.9 Å². The van der Waals surface area contributed by atoms with Crippen LogP contribution in [0.25, 0.3) is 0 Å². The lowest BCUT2D eigenvalue weighted by Crippen LogP contribution is -2.30. The molecular formula is C11H17NO. The Balaban J connectivity index is 2.96. The molecule has 1 N–H and O–H groups in total. The molecule has 0 saturated carbocycles. The zero-order valence-electron chi connectivity index (χ0n) is 8.70. The number of rotatable bonds is 1. The Morgan fingerprint density at radius 2 is 2.23 bits per heavy atom. The van der Waals surface area contributed by atoms with Crippen LogP contribution in [0, 0.1) is 0 Å². The van der Waals surface area contributed by atoms with E-state index in [1.165, 1.54) is 5.57 Å². The number of allylic oxidation sites excluding steroid dienone is 3. The molecule has 1 heterocycles. The van der Waals surface area contributed by atoms with Crippen LogP contribution in [-0.2, 0) is 0 Å². The molecule has 0 amide bonds. The third-order valence-electron chi connectivity index (χ3n) is 2.55. The molecule has 13 heavy (non-hydrogen) atoms. The first kappa shape index (κ1) is 9.90. The van der Waals surface area contributed by atoms with E-state index in [1.807, 2.05) is 32.9 Å². The summed E-state index contributed by atoms with van der Waals surface area (Å²) >= 11 is 0. The zero-order chi connectivity index (χ0) is 10.0. The first-order valence-corrected chi connectivity index (χ1v) is 4.56. The first-order valence-electron chi connectivity index (χ1n) is 4.56. The fourth-order valence-corrected chi connectivity index (χ4v) is 1.42. The second-order valence-corrected chi connectivity index (χ2v) is 3.46. The van der Waals surface area contributed by atoms with E-state index < -0.39 is 0 Å². The van der Waals surface area contributed by atoms with E-state index in [9.17, 15) is 5.11 Å². The summed E-state index contributed by atoms with van der Waals surface area (Å²) in [5.74, 6) is 0.330. The molecule has 0 fully saturated rings. The fraction of sp³-hybridized carbons (Fsp3) is 0.455. The van der Waals surface area contributed by atoms with Crippen molar-refractivity contribution in [3.63, 3.8) is 0 Å². The minimum atomic E-state index is 0.330. The summed E-state index contributed by atoms with van der Waals surface area (Å²) in [6.07, 6.45) is 5.62. The lowest BCUT2D eigenvalue weighted by molar-refractivity contribution is 0.344. The lowest BCUT2D eigenvalue weighted by Gasteiger charge is -2.32. The van der Waals surface area contributed by atoms with Crippen molar-refractivity contribution >= 4 is 0 Å². The molecule has 2 heteroatoms. The number of hydrogen-bond acceptors (Lipinski definition) is 2.